The van der Waals surface area contributed by atoms with Crippen LogP contribution in [0.1, 0.15) is 25.6 Å². The van der Waals surface area contributed by atoms with Crippen molar-refractivity contribution in [1.29, 1.82) is 0 Å². The second kappa shape index (κ2) is 9.49. The van der Waals surface area contributed by atoms with Gasteiger partial charge in [-0.1, -0.05) is 6.92 Å². The van der Waals surface area contributed by atoms with E-state index in [-0.39, 0.29) is 17.9 Å². The first-order valence-corrected chi connectivity index (χ1v) is 11.3. The van der Waals surface area contributed by atoms with Crippen molar-refractivity contribution in [3.05, 3.63) is 39.8 Å². The molecule has 0 spiro atoms. The minimum Gasteiger partial charge on any atom is -0.493 e. The summed E-state index contributed by atoms with van der Waals surface area (Å²) in [6.07, 6.45) is 1.33. The summed E-state index contributed by atoms with van der Waals surface area (Å²) in [5.74, 6) is 2.26. The monoisotopic (exact) mass is 471 g/mol. The molecule has 1 aromatic carbocycles. The van der Waals surface area contributed by atoms with Crippen LogP contribution in [0.4, 0.5) is 5.69 Å². The lowest BCUT2D eigenvalue weighted by atomic mass is 10.2. The molecule has 0 radical (unpaired) electrons. The number of carbonyl (C=O) groups excluding carboxylic acids is 1. The number of rotatable bonds is 9. The Hall–Kier alpha value is -3.60. The van der Waals surface area contributed by atoms with E-state index in [2.05, 4.69) is 15.5 Å². The lowest BCUT2D eigenvalue weighted by molar-refractivity contribution is -0.116. The fraction of sp³-hybridized carbons (Fsp3) is 0.364. The smallest absolute Gasteiger partial charge is 0.272 e. The second-order valence-electron chi connectivity index (χ2n) is 7.31. The molecule has 10 nitrogen and oxygen atoms in total. The van der Waals surface area contributed by atoms with Gasteiger partial charge in [0.2, 0.25) is 17.4 Å². The molecule has 3 heterocycles. The molecule has 174 valence electrons. The number of carbonyl (C=O) groups is 1. The second-order valence-corrected chi connectivity index (χ2v) is 8.22. The first-order valence-electron chi connectivity index (χ1n) is 10.5. The Morgan fingerprint density at radius 1 is 1.12 bits per heavy atom. The van der Waals surface area contributed by atoms with Crippen LogP contribution in [0.2, 0.25) is 0 Å². The minimum absolute atomic E-state index is 0.0616. The lowest BCUT2D eigenvalue weighted by Crippen LogP contribution is -2.22. The third-order valence-corrected chi connectivity index (χ3v) is 6.14. The summed E-state index contributed by atoms with van der Waals surface area (Å²) in [6, 6.07) is 5.22. The van der Waals surface area contributed by atoms with Crippen molar-refractivity contribution < 1.29 is 19.0 Å². The normalized spacial score (nSPS) is 11.2. The zero-order valence-electron chi connectivity index (χ0n) is 18.9. The van der Waals surface area contributed by atoms with Gasteiger partial charge in [0.25, 0.3) is 5.56 Å². The standard InChI is InChI=1S/C22H25N5O5S/c1-5-9-26-21(29)20-14(8-10-33-20)27-17(24-25-22(26)27)6-7-18(28)23-13-11-15(30-2)19(32-4)16(12-13)31-3/h8,10-12H,5-7,9H2,1-4H3,(H,23,28). The van der Waals surface area contributed by atoms with Crippen LogP contribution >= 0.6 is 11.3 Å². The summed E-state index contributed by atoms with van der Waals surface area (Å²) in [5.41, 5.74) is 1.23. The lowest BCUT2D eigenvalue weighted by Gasteiger charge is -2.14. The van der Waals surface area contributed by atoms with Gasteiger partial charge in [0.05, 0.1) is 26.8 Å². The number of aromatic nitrogens is 4. The van der Waals surface area contributed by atoms with Crippen LogP contribution in [0, 0.1) is 0 Å². The van der Waals surface area contributed by atoms with E-state index in [1.54, 1.807) is 16.7 Å². The van der Waals surface area contributed by atoms with Gasteiger partial charge in [0.15, 0.2) is 11.5 Å². The molecule has 0 saturated heterocycles. The summed E-state index contributed by atoms with van der Waals surface area (Å²) in [5, 5.41) is 13.3. The maximum absolute atomic E-state index is 12.8. The van der Waals surface area contributed by atoms with E-state index in [4.69, 9.17) is 14.2 Å². The Bertz CT molecular complexity index is 1350. The topological polar surface area (TPSA) is 109 Å². The molecule has 0 aliphatic heterocycles. The van der Waals surface area contributed by atoms with E-state index in [0.717, 1.165) is 11.9 Å². The molecule has 1 amide bonds. The molecule has 4 rings (SSSR count). The van der Waals surface area contributed by atoms with Gasteiger partial charge < -0.3 is 19.5 Å². The molecule has 3 aromatic heterocycles. The molecular formula is C22H25N5O5S. The van der Waals surface area contributed by atoms with Crippen molar-refractivity contribution >= 4 is 38.9 Å². The molecule has 0 atom stereocenters. The maximum Gasteiger partial charge on any atom is 0.272 e. The minimum atomic E-state index is -0.204. The van der Waals surface area contributed by atoms with Crippen molar-refractivity contribution in [2.75, 3.05) is 26.6 Å². The van der Waals surface area contributed by atoms with E-state index < -0.39 is 0 Å². The number of thiophene rings is 1. The summed E-state index contributed by atoms with van der Waals surface area (Å²) >= 11 is 1.39. The van der Waals surface area contributed by atoms with Gasteiger partial charge in [-0.15, -0.1) is 21.5 Å². The number of ether oxygens (including phenoxy) is 3. The van der Waals surface area contributed by atoms with Crippen molar-refractivity contribution in [2.45, 2.75) is 32.7 Å². The average molecular weight is 472 g/mol. The molecule has 0 bridgehead atoms. The number of hydrogen-bond donors (Lipinski definition) is 1. The first-order chi connectivity index (χ1) is 16.0. The van der Waals surface area contributed by atoms with Gasteiger partial charge in [-0.2, -0.15) is 0 Å². The number of nitrogens with zero attached hydrogens (tertiary/aromatic N) is 4. The number of nitrogens with one attached hydrogen (secondary N) is 1. The summed E-state index contributed by atoms with van der Waals surface area (Å²) in [7, 11) is 4.55. The molecule has 33 heavy (non-hydrogen) atoms. The zero-order valence-corrected chi connectivity index (χ0v) is 19.7. The fourth-order valence-electron chi connectivity index (χ4n) is 3.77. The predicted molar refractivity (Wildman–Crippen MR) is 126 cm³/mol. The highest BCUT2D eigenvalue weighted by Crippen LogP contribution is 2.40. The van der Waals surface area contributed by atoms with Crippen LogP contribution in [0.3, 0.4) is 0 Å². The first kappa shape index (κ1) is 22.6. The molecule has 0 saturated carbocycles. The van der Waals surface area contributed by atoms with Gasteiger partial charge in [0.1, 0.15) is 10.5 Å². The molecule has 11 heteroatoms. The molecule has 0 aliphatic carbocycles. The summed E-state index contributed by atoms with van der Waals surface area (Å²) in [4.78, 5) is 25.5. The number of hydrogen-bond acceptors (Lipinski definition) is 8. The number of methoxy groups -OCH3 is 3. The molecular weight excluding hydrogens is 446 g/mol. The number of anilines is 1. The third-order valence-electron chi connectivity index (χ3n) is 5.25. The Morgan fingerprint density at radius 2 is 1.85 bits per heavy atom. The zero-order chi connectivity index (χ0) is 23.5. The van der Waals surface area contributed by atoms with Gasteiger partial charge in [-0.05, 0) is 17.9 Å². The Kier molecular flexibility index (Phi) is 6.50. The van der Waals surface area contributed by atoms with Crippen molar-refractivity contribution in [3.8, 4) is 17.2 Å². The van der Waals surface area contributed by atoms with Gasteiger partial charge >= 0.3 is 0 Å². The van der Waals surface area contributed by atoms with Crippen LogP contribution < -0.4 is 25.1 Å². The van der Waals surface area contributed by atoms with Crippen LogP contribution in [0.15, 0.2) is 28.4 Å². The van der Waals surface area contributed by atoms with Crippen molar-refractivity contribution in [1.82, 2.24) is 19.2 Å². The van der Waals surface area contributed by atoms with Crippen LogP contribution in [0.25, 0.3) is 16.0 Å². The SMILES string of the molecule is CCCn1c(=O)c2sccc2n2c(CCC(=O)Nc3cc(OC)c(OC)c(OC)c3)nnc12. The average Bonchev–Trinajstić information content (AvgIpc) is 3.47. The van der Waals surface area contributed by atoms with E-state index >= 15 is 0 Å². The van der Waals surface area contributed by atoms with E-state index in [0.29, 0.717) is 52.2 Å². The largest absolute Gasteiger partial charge is 0.493 e. The highest BCUT2D eigenvalue weighted by molar-refractivity contribution is 7.17. The van der Waals surface area contributed by atoms with Gasteiger partial charge in [-0.3, -0.25) is 18.6 Å². The highest BCUT2D eigenvalue weighted by atomic mass is 32.1. The van der Waals surface area contributed by atoms with Crippen molar-refractivity contribution in [2.24, 2.45) is 0 Å². The molecule has 1 N–H and O–H groups in total. The Labute approximate surface area is 193 Å². The fourth-order valence-corrected chi connectivity index (χ4v) is 4.59. The van der Waals surface area contributed by atoms with Crippen LogP contribution in [0.5, 0.6) is 17.2 Å². The van der Waals surface area contributed by atoms with Gasteiger partial charge in [-0.25, -0.2) is 0 Å². The summed E-state index contributed by atoms with van der Waals surface area (Å²) in [6.45, 7) is 2.56. The molecule has 0 unspecified atom stereocenters. The van der Waals surface area contributed by atoms with Gasteiger partial charge in [0, 0.05) is 37.2 Å². The quantitative estimate of drug-likeness (QED) is 0.399. The maximum atomic E-state index is 12.8. The van der Waals surface area contributed by atoms with Crippen LogP contribution in [-0.4, -0.2) is 46.4 Å². The summed E-state index contributed by atoms with van der Waals surface area (Å²) < 4.78 is 20.2. The van der Waals surface area contributed by atoms with E-state index in [9.17, 15) is 9.59 Å². The predicted octanol–water partition coefficient (Wildman–Crippen LogP) is 3.11. The highest BCUT2D eigenvalue weighted by Gasteiger charge is 2.18. The van der Waals surface area contributed by atoms with E-state index in [1.807, 2.05) is 22.8 Å². The van der Waals surface area contributed by atoms with Crippen molar-refractivity contribution in [3.63, 3.8) is 0 Å². The molecule has 4 aromatic rings. The Balaban J connectivity index is 1.58. The molecule has 0 fully saturated rings. The molecule has 0 aliphatic rings. The number of amides is 1. The van der Waals surface area contributed by atoms with Crippen LogP contribution in [-0.2, 0) is 17.8 Å². The van der Waals surface area contributed by atoms with E-state index in [1.165, 1.54) is 32.7 Å². The third kappa shape index (κ3) is 4.11. The number of aryl methyl sites for hydroxylation is 2. The Morgan fingerprint density at radius 3 is 2.48 bits per heavy atom. The number of fused-ring (bicyclic) bond motifs is 3. The number of benzene rings is 1.